The zero-order valence-electron chi connectivity index (χ0n) is 11.5. The molecule has 0 unspecified atom stereocenters. The van der Waals surface area contributed by atoms with Crippen molar-refractivity contribution < 1.29 is 19.3 Å². The van der Waals surface area contributed by atoms with Crippen LogP contribution in [-0.4, -0.2) is 34.1 Å². The molecule has 0 aliphatic carbocycles. The summed E-state index contributed by atoms with van der Waals surface area (Å²) in [6, 6.07) is 4.68. The second-order valence-corrected chi connectivity index (χ2v) is 4.95. The molecule has 1 heterocycles. The van der Waals surface area contributed by atoms with E-state index in [0.717, 1.165) is 4.90 Å². The number of nitro groups is 1. The Hall–Kier alpha value is -2.77. The number of hydrogen-bond donors (Lipinski definition) is 1. The summed E-state index contributed by atoms with van der Waals surface area (Å²) in [5.41, 5.74) is -1.03. The molecule has 21 heavy (non-hydrogen) atoms. The van der Waals surface area contributed by atoms with Gasteiger partial charge in [-0.2, -0.15) is 0 Å². The highest BCUT2D eigenvalue weighted by molar-refractivity contribution is 6.09. The first-order valence-electron chi connectivity index (χ1n) is 6.14. The molecule has 0 aromatic heterocycles. The van der Waals surface area contributed by atoms with Crippen molar-refractivity contribution in [3.63, 3.8) is 0 Å². The van der Waals surface area contributed by atoms with Gasteiger partial charge in [-0.15, -0.1) is 0 Å². The van der Waals surface area contributed by atoms with Gasteiger partial charge >= 0.3 is 6.03 Å². The number of nitrogens with zero attached hydrogens (tertiary/aromatic N) is 2. The molecule has 0 saturated carbocycles. The highest BCUT2D eigenvalue weighted by atomic mass is 16.6. The van der Waals surface area contributed by atoms with Crippen molar-refractivity contribution in [3.05, 3.63) is 39.9 Å². The summed E-state index contributed by atoms with van der Waals surface area (Å²) in [5.74, 6) is -0.872. The Morgan fingerprint density at radius 1 is 1.33 bits per heavy atom. The highest BCUT2D eigenvalue weighted by Crippen LogP contribution is 2.29. The van der Waals surface area contributed by atoms with Gasteiger partial charge in [0.2, 0.25) is 0 Å². The number of rotatable bonds is 4. The zero-order chi connectivity index (χ0) is 15.8. The fraction of sp³-hybridized carbons (Fsp3) is 0.308. The lowest BCUT2D eigenvalue weighted by Crippen LogP contribution is -2.41. The van der Waals surface area contributed by atoms with E-state index >= 15 is 0 Å². The first kappa shape index (κ1) is 14.6. The predicted octanol–water partition coefficient (Wildman–Crippen LogP) is 0.951. The Labute approximate surface area is 119 Å². The third-order valence-electron chi connectivity index (χ3n) is 3.31. The van der Waals surface area contributed by atoms with Crippen molar-refractivity contribution in [2.45, 2.75) is 19.4 Å². The minimum atomic E-state index is -1.33. The van der Waals surface area contributed by atoms with E-state index in [0.29, 0.717) is 5.56 Å². The first-order valence-corrected chi connectivity index (χ1v) is 6.14. The van der Waals surface area contributed by atoms with Gasteiger partial charge in [-0.3, -0.25) is 24.6 Å². The number of imide groups is 1. The Morgan fingerprint density at radius 2 is 1.90 bits per heavy atom. The van der Waals surface area contributed by atoms with Crippen LogP contribution in [-0.2, 0) is 15.1 Å². The van der Waals surface area contributed by atoms with Crippen molar-refractivity contribution in [1.82, 2.24) is 10.2 Å². The molecule has 1 aliphatic rings. The van der Waals surface area contributed by atoms with E-state index in [1.807, 2.05) is 0 Å². The van der Waals surface area contributed by atoms with E-state index in [9.17, 15) is 24.5 Å². The molecule has 1 aromatic rings. The van der Waals surface area contributed by atoms with Gasteiger partial charge < -0.3 is 5.32 Å². The van der Waals surface area contributed by atoms with E-state index in [2.05, 4.69) is 5.32 Å². The van der Waals surface area contributed by atoms with Crippen LogP contribution < -0.4 is 5.32 Å². The van der Waals surface area contributed by atoms with E-state index in [-0.39, 0.29) is 18.0 Å². The Balaban J connectivity index is 2.34. The van der Waals surface area contributed by atoms with Crippen LogP contribution in [0.1, 0.15) is 19.4 Å². The summed E-state index contributed by atoms with van der Waals surface area (Å²) in [4.78, 5) is 46.2. The molecule has 0 spiro atoms. The smallest absolute Gasteiger partial charge is 0.319 e. The molecule has 1 aliphatic heterocycles. The molecule has 1 saturated heterocycles. The van der Waals surface area contributed by atoms with Crippen molar-refractivity contribution in [1.29, 1.82) is 0 Å². The lowest BCUT2D eigenvalue weighted by Gasteiger charge is -2.21. The van der Waals surface area contributed by atoms with Gasteiger partial charge in [0, 0.05) is 12.1 Å². The van der Waals surface area contributed by atoms with Crippen LogP contribution in [0.5, 0.6) is 0 Å². The number of urea groups is 1. The topological polar surface area (TPSA) is 110 Å². The normalized spacial score (nSPS) is 21.3. The number of amides is 3. The summed E-state index contributed by atoms with van der Waals surface area (Å²) in [6.07, 6.45) is 0. The molecule has 8 heteroatoms. The number of hydrogen-bond acceptors (Lipinski definition) is 5. The van der Waals surface area contributed by atoms with Gasteiger partial charge in [-0.1, -0.05) is 0 Å². The van der Waals surface area contributed by atoms with Crippen molar-refractivity contribution in [2.75, 3.05) is 6.54 Å². The van der Waals surface area contributed by atoms with Crippen LogP contribution in [0.3, 0.4) is 0 Å². The maximum atomic E-state index is 12.3. The molecule has 8 nitrogen and oxygen atoms in total. The summed E-state index contributed by atoms with van der Waals surface area (Å²) in [6.45, 7) is 2.48. The van der Waals surface area contributed by atoms with Gasteiger partial charge in [0.25, 0.3) is 11.6 Å². The Kier molecular flexibility index (Phi) is 3.46. The standard InChI is InChI=1S/C13H13N3O5/c1-8(17)7-15-11(18)13(2,14-12(15)19)9-3-5-10(6-4-9)16(20)21/h3-6H,7H2,1-2H3,(H,14,19)/t13-/m0/s1. The monoisotopic (exact) mass is 291 g/mol. The molecule has 0 radical (unpaired) electrons. The predicted molar refractivity (Wildman–Crippen MR) is 71.4 cm³/mol. The average molecular weight is 291 g/mol. The molecule has 110 valence electrons. The maximum Gasteiger partial charge on any atom is 0.325 e. The molecule has 1 atom stereocenters. The van der Waals surface area contributed by atoms with Crippen molar-refractivity contribution in [3.8, 4) is 0 Å². The molecule has 1 N–H and O–H groups in total. The summed E-state index contributed by atoms with van der Waals surface area (Å²) in [7, 11) is 0. The number of nitro benzene ring substituents is 1. The summed E-state index contributed by atoms with van der Waals surface area (Å²) < 4.78 is 0. The second kappa shape index (κ2) is 4.97. The van der Waals surface area contributed by atoms with Crippen LogP contribution in [0.15, 0.2) is 24.3 Å². The molecule has 3 amide bonds. The van der Waals surface area contributed by atoms with E-state index in [1.165, 1.54) is 38.1 Å². The van der Waals surface area contributed by atoms with Crippen LogP contribution in [0.4, 0.5) is 10.5 Å². The Morgan fingerprint density at radius 3 is 2.38 bits per heavy atom. The van der Waals surface area contributed by atoms with Gasteiger partial charge in [-0.05, 0) is 31.5 Å². The minimum Gasteiger partial charge on any atom is -0.319 e. The fourth-order valence-electron chi connectivity index (χ4n) is 2.18. The van der Waals surface area contributed by atoms with Crippen LogP contribution in [0, 0.1) is 10.1 Å². The first-order chi connectivity index (χ1) is 9.75. The summed E-state index contributed by atoms with van der Waals surface area (Å²) in [5, 5.41) is 13.1. The second-order valence-electron chi connectivity index (χ2n) is 4.95. The molecular formula is C13H13N3O5. The van der Waals surface area contributed by atoms with Crippen LogP contribution in [0.25, 0.3) is 0 Å². The van der Waals surface area contributed by atoms with Crippen LogP contribution in [0.2, 0.25) is 0 Å². The largest absolute Gasteiger partial charge is 0.325 e. The molecule has 1 aromatic carbocycles. The van der Waals surface area contributed by atoms with Gasteiger partial charge in [0.1, 0.15) is 11.3 Å². The van der Waals surface area contributed by atoms with E-state index < -0.39 is 22.4 Å². The quantitative estimate of drug-likeness (QED) is 0.504. The van der Waals surface area contributed by atoms with Crippen LogP contribution >= 0.6 is 0 Å². The number of non-ortho nitro benzene ring substituents is 1. The number of carbonyl (C=O) groups excluding carboxylic acids is 3. The number of ketones is 1. The highest BCUT2D eigenvalue weighted by Gasteiger charge is 2.49. The van der Waals surface area contributed by atoms with Crippen molar-refractivity contribution >= 4 is 23.4 Å². The molecule has 1 fully saturated rings. The number of benzene rings is 1. The lowest BCUT2D eigenvalue weighted by atomic mass is 9.92. The minimum absolute atomic E-state index is 0.111. The SMILES string of the molecule is CC(=O)CN1C(=O)N[C@@](C)(c2ccc([N+](=O)[O-])cc2)C1=O. The average Bonchev–Trinajstić information content (AvgIpc) is 2.63. The molecular weight excluding hydrogens is 278 g/mol. The van der Waals surface area contributed by atoms with Gasteiger partial charge in [0.15, 0.2) is 0 Å². The fourth-order valence-corrected chi connectivity index (χ4v) is 2.18. The van der Waals surface area contributed by atoms with Gasteiger partial charge in [0.05, 0.1) is 11.5 Å². The van der Waals surface area contributed by atoms with E-state index in [1.54, 1.807) is 0 Å². The third-order valence-corrected chi connectivity index (χ3v) is 3.31. The third kappa shape index (κ3) is 2.47. The molecule has 2 rings (SSSR count). The zero-order valence-corrected chi connectivity index (χ0v) is 11.5. The maximum absolute atomic E-state index is 12.3. The number of carbonyl (C=O) groups is 3. The van der Waals surface area contributed by atoms with E-state index in [4.69, 9.17) is 0 Å². The lowest BCUT2D eigenvalue weighted by molar-refractivity contribution is -0.384. The number of nitrogens with one attached hydrogen (secondary N) is 1. The molecule has 0 bridgehead atoms. The summed E-state index contributed by atoms with van der Waals surface area (Å²) >= 11 is 0. The van der Waals surface area contributed by atoms with Gasteiger partial charge in [-0.25, -0.2) is 4.79 Å². The van der Waals surface area contributed by atoms with Crippen molar-refractivity contribution in [2.24, 2.45) is 0 Å². The number of Topliss-reactive ketones (excluding diaryl/α,β-unsaturated/α-hetero) is 1. The Bertz CT molecular complexity index is 640.